The van der Waals surface area contributed by atoms with Gasteiger partial charge in [-0.15, -0.1) is 0 Å². The van der Waals surface area contributed by atoms with Crippen LogP contribution in [0.2, 0.25) is 0 Å². The van der Waals surface area contributed by atoms with Crippen molar-refractivity contribution in [1.82, 2.24) is 5.43 Å². The molecule has 0 spiro atoms. The van der Waals surface area contributed by atoms with E-state index in [4.69, 9.17) is 0 Å². The number of carbonyl (C=O) groups excluding carboxylic acids is 1. The summed E-state index contributed by atoms with van der Waals surface area (Å²) in [7, 11) is -3.70. The van der Waals surface area contributed by atoms with Crippen LogP contribution < -0.4 is 9.73 Å². The molecular weight excluding hydrogens is 396 g/mol. The van der Waals surface area contributed by atoms with E-state index in [2.05, 4.69) is 10.5 Å². The van der Waals surface area contributed by atoms with Crippen LogP contribution in [0, 0.1) is 24.0 Å². The Morgan fingerprint density at radius 3 is 2.17 bits per heavy atom. The van der Waals surface area contributed by atoms with Crippen LogP contribution in [0.5, 0.6) is 0 Å². The van der Waals surface area contributed by atoms with Crippen molar-refractivity contribution < 1.29 is 18.1 Å². The summed E-state index contributed by atoms with van der Waals surface area (Å²) >= 11 is 0. The van der Waals surface area contributed by atoms with Gasteiger partial charge in [-0.25, -0.2) is 13.8 Å². The molecule has 0 aliphatic rings. The van der Waals surface area contributed by atoms with Crippen LogP contribution >= 0.6 is 0 Å². The van der Waals surface area contributed by atoms with Crippen molar-refractivity contribution in [2.24, 2.45) is 5.10 Å². The van der Waals surface area contributed by atoms with Crippen molar-refractivity contribution in [2.75, 3.05) is 17.1 Å². The van der Waals surface area contributed by atoms with Gasteiger partial charge in [0.05, 0.1) is 22.6 Å². The number of sulfonamides is 1. The SMILES string of the molecule is C/C(=N/NC(=O)CN(c1c(C)cccc1C)S(C)(=O)=O)c1ccc([N+](=O)[O-])cc1. The van der Waals surface area contributed by atoms with Gasteiger partial charge in [-0.05, 0) is 49.6 Å². The number of aryl methyl sites for hydroxylation is 2. The van der Waals surface area contributed by atoms with Crippen LogP contribution in [0.3, 0.4) is 0 Å². The number of nitro benzene ring substituents is 1. The molecule has 0 bridgehead atoms. The molecule has 0 radical (unpaired) electrons. The number of nitrogens with one attached hydrogen (secondary N) is 1. The van der Waals surface area contributed by atoms with Gasteiger partial charge < -0.3 is 0 Å². The molecule has 0 atom stereocenters. The summed E-state index contributed by atoms with van der Waals surface area (Å²) < 4.78 is 25.6. The van der Waals surface area contributed by atoms with Crippen LogP contribution in [0.1, 0.15) is 23.6 Å². The zero-order valence-electron chi connectivity index (χ0n) is 16.5. The van der Waals surface area contributed by atoms with Crippen LogP contribution in [-0.4, -0.2) is 37.8 Å². The van der Waals surface area contributed by atoms with Gasteiger partial charge in [-0.2, -0.15) is 5.10 Å². The lowest BCUT2D eigenvalue weighted by Crippen LogP contribution is -2.40. The van der Waals surface area contributed by atoms with Gasteiger partial charge in [0, 0.05) is 12.1 Å². The third-order valence-corrected chi connectivity index (χ3v) is 5.33. The molecule has 0 aromatic heterocycles. The average molecular weight is 418 g/mol. The minimum atomic E-state index is -3.70. The Balaban J connectivity index is 2.18. The first-order valence-corrected chi connectivity index (χ1v) is 10.5. The quantitative estimate of drug-likeness (QED) is 0.421. The topological polar surface area (TPSA) is 122 Å². The second-order valence-electron chi connectivity index (χ2n) is 6.55. The van der Waals surface area contributed by atoms with Gasteiger partial charge in [0.15, 0.2) is 0 Å². The Morgan fingerprint density at radius 2 is 1.69 bits per heavy atom. The number of hydrogen-bond acceptors (Lipinski definition) is 6. The van der Waals surface area contributed by atoms with E-state index in [1.54, 1.807) is 32.9 Å². The number of rotatable bonds is 7. The lowest BCUT2D eigenvalue weighted by Gasteiger charge is -2.25. The molecule has 29 heavy (non-hydrogen) atoms. The monoisotopic (exact) mass is 418 g/mol. The first-order chi connectivity index (χ1) is 13.5. The zero-order chi connectivity index (χ0) is 21.8. The standard InChI is InChI=1S/C19H22N4O5S/c1-13-6-5-7-14(2)19(13)22(29(4,27)28)12-18(24)21-20-15(3)16-8-10-17(11-9-16)23(25)26/h5-11H,12H2,1-4H3,(H,21,24)/b20-15-. The average Bonchev–Trinajstić information content (AvgIpc) is 2.64. The Kier molecular flexibility index (Phi) is 6.70. The molecule has 2 aromatic rings. The highest BCUT2D eigenvalue weighted by molar-refractivity contribution is 7.92. The van der Waals surface area contributed by atoms with E-state index < -0.39 is 27.4 Å². The second kappa shape index (κ2) is 8.82. The Morgan fingerprint density at radius 1 is 1.14 bits per heavy atom. The van der Waals surface area contributed by atoms with Crippen molar-refractivity contribution >= 4 is 33.0 Å². The van der Waals surface area contributed by atoms with Crippen molar-refractivity contribution in [3.63, 3.8) is 0 Å². The highest BCUT2D eigenvalue weighted by Crippen LogP contribution is 2.26. The number of para-hydroxylation sites is 1. The molecule has 0 saturated heterocycles. The fraction of sp³-hybridized carbons (Fsp3) is 0.263. The van der Waals surface area contributed by atoms with Crippen LogP contribution in [0.4, 0.5) is 11.4 Å². The molecular formula is C19H22N4O5S. The fourth-order valence-electron chi connectivity index (χ4n) is 2.76. The van der Waals surface area contributed by atoms with Gasteiger partial charge in [0.25, 0.3) is 11.6 Å². The molecule has 2 aromatic carbocycles. The number of hydrazone groups is 1. The minimum Gasteiger partial charge on any atom is -0.271 e. The molecule has 2 rings (SSSR count). The van der Waals surface area contributed by atoms with E-state index in [-0.39, 0.29) is 5.69 Å². The van der Waals surface area contributed by atoms with E-state index in [1.165, 1.54) is 24.3 Å². The van der Waals surface area contributed by atoms with Gasteiger partial charge in [-0.1, -0.05) is 18.2 Å². The minimum absolute atomic E-state index is 0.0528. The highest BCUT2D eigenvalue weighted by atomic mass is 32.2. The number of carbonyl (C=O) groups is 1. The normalized spacial score (nSPS) is 11.8. The van der Waals surface area contributed by atoms with E-state index in [1.807, 2.05) is 6.07 Å². The summed E-state index contributed by atoms with van der Waals surface area (Å²) in [6.07, 6.45) is 1.04. The molecule has 0 fully saturated rings. The van der Waals surface area contributed by atoms with Crippen molar-refractivity contribution in [1.29, 1.82) is 0 Å². The Bertz CT molecular complexity index is 1040. The van der Waals surface area contributed by atoms with E-state index in [0.717, 1.165) is 21.7 Å². The molecule has 1 N–H and O–H groups in total. The summed E-state index contributed by atoms with van der Waals surface area (Å²) in [5.74, 6) is -0.612. The molecule has 0 aliphatic carbocycles. The molecule has 1 amide bonds. The zero-order valence-corrected chi connectivity index (χ0v) is 17.4. The van der Waals surface area contributed by atoms with Crippen molar-refractivity contribution in [2.45, 2.75) is 20.8 Å². The highest BCUT2D eigenvalue weighted by Gasteiger charge is 2.23. The smallest absolute Gasteiger partial charge is 0.269 e. The van der Waals surface area contributed by atoms with Gasteiger partial charge >= 0.3 is 0 Å². The van der Waals surface area contributed by atoms with E-state index in [0.29, 0.717) is 17.0 Å². The summed E-state index contributed by atoms with van der Waals surface area (Å²) in [5, 5.41) is 14.7. The second-order valence-corrected chi connectivity index (χ2v) is 8.45. The molecule has 9 nitrogen and oxygen atoms in total. The predicted molar refractivity (Wildman–Crippen MR) is 112 cm³/mol. The van der Waals surface area contributed by atoms with Gasteiger partial charge in [0.1, 0.15) is 6.54 Å². The summed E-state index contributed by atoms with van der Waals surface area (Å²) in [6.45, 7) is 4.74. The predicted octanol–water partition coefficient (Wildman–Crippen LogP) is 2.52. The maximum atomic E-state index is 12.4. The lowest BCUT2D eigenvalue weighted by atomic mass is 10.1. The van der Waals surface area contributed by atoms with E-state index >= 15 is 0 Å². The summed E-state index contributed by atoms with van der Waals surface area (Å²) in [5.41, 5.74) is 5.22. The third-order valence-electron chi connectivity index (χ3n) is 4.22. The molecule has 0 unspecified atom stereocenters. The fourth-order valence-corrected chi connectivity index (χ4v) is 3.73. The first-order valence-electron chi connectivity index (χ1n) is 8.62. The van der Waals surface area contributed by atoms with Crippen molar-refractivity contribution in [3.8, 4) is 0 Å². The largest absolute Gasteiger partial charge is 0.271 e. The number of non-ortho nitro benzene ring substituents is 1. The molecule has 0 saturated carbocycles. The Labute approximate surface area is 169 Å². The summed E-state index contributed by atoms with van der Waals surface area (Å²) in [4.78, 5) is 22.6. The lowest BCUT2D eigenvalue weighted by molar-refractivity contribution is -0.384. The van der Waals surface area contributed by atoms with Crippen molar-refractivity contribution in [3.05, 3.63) is 69.3 Å². The van der Waals surface area contributed by atoms with Gasteiger partial charge in [-0.3, -0.25) is 19.2 Å². The number of nitro groups is 1. The molecule has 154 valence electrons. The number of benzene rings is 2. The summed E-state index contributed by atoms with van der Waals surface area (Å²) in [6, 6.07) is 11.1. The number of anilines is 1. The number of hydrogen-bond donors (Lipinski definition) is 1. The first kappa shape index (κ1) is 22.0. The van der Waals surface area contributed by atoms with Crippen LogP contribution in [-0.2, 0) is 14.8 Å². The third kappa shape index (κ3) is 5.61. The number of amides is 1. The number of nitrogens with zero attached hydrogens (tertiary/aromatic N) is 3. The van der Waals surface area contributed by atoms with Crippen LogP contribution in [0.25, 0.3) is 0 Å². The molecule has 10 heteroatoms. The van der Waals surface area contributed by atoms with Crippen LogP contribution in [0.15, 0.2) is 47.6 Å². The Hall–Kier alpha value is -3.27. The maximum absolute atomic E-state index is 12.4. The van der Waals surface area contributed by atoms with E-state index in [9.17, 15) is 23.3 Å². The maximum Gasteiger partial charge on any atom is 0.269 e. The van der Waals surface area contributed by atoms with Gasteiger partial charge in [0.2, 0.25) is 10.0 Å². The molecule has 0 heterocycles. The molecule has 0 aliphatic heterocycles.